The van der Waals surface area contributed by atoms with E-state index in [4.69, 9.17) is 34.6 Å². The van der Waals surface area contributed by atoms with Crippen LogP contribution in [0.2, 0.25) is 0 Å². The number of nitrogens with one attached hydrogen (secondary N) is 1. The summed E-state index contributed by atoms with van der Waals surface area (Å²) in [7, 11) is 3.06. The van der Waals surface area contributed by atoms with Crippen LogP contribution in [0.25, 0.3) is 20.9 Å². The van der Waals surface area contributed by atoms with Gasteiger partial charge in [-0.25, -0.2) is 4.99 Å². The van der Waals surface area contributed by atoms with Crippen LogP contribution in [-0.4, -0.2) is 49.9 Å². The van der Waals surface area contributed by atoms with Crippen molar-refractivity contribution in [2.75, 3.05) is 27.4 Å². The summed E-state index contributed by atoms with van der Waals surface area (Å²) in [5.41, 5.74) is 20.3. The van der Waals surface area contributed by atoms with Crippen LogP contribution in [0.3, 0.4) is 0 Å². The third-order valence-electron chi connectivity index (χ3n) is 8.21. The Labute approximate surface area is 288 Å². The van der Waals surface area contributed by atoms with Crippen LogP contribution in [0, 0.1) is 0 Å². The number of amides is 1. The molecule has 256 valence electrons. The van der Waals surface area contributed by atoms with Crippen molar-refractivity contribution in [1.29, 1.82) is 0 Å². The monoisotopic (exact) mass is 676 g/mol. The highest BCUT2D eigenvalue weighted by atomic mass is 16.5. The van der Waals surface area contributed by atoms with E-state index in [2.05, 4.69) is 25.4 Å². The maximum Gasteiger partial charge on any atom is 0.252 e. The number of methoxy groups -OCH3 is 2. The molecule has 2 N–H and O–H groups in total. The highest BCUT2D eigenvalue weighted by molar-refractivity contribution is 6.01. The second-order valence-corrected chi connectivity index (χ2v) is 11.2. The van der Waals surface area contributed by atoms with Crippen LogP contribution in [0.15, 0.2) is 106 Å². The van der Waals surface area contributed by atoms with Gasteiger partial charge in [0.2, 0.25) is 5.90 Å². The van der Waals surface area contributed by atoms with Crippen molar-refractivity contribution in [3.63, 3.8) is 0 Å². The Hall–Kier alpha value is -6.20. The highest BCUT2D eigenvalue weighted by Gasteiger charge is 2.54. The van der Waals surface area contributed by atoms with Gasteiger partial charge in [0.15, 0.2) is 23.1 Å². The van der Waals surface area contributed by atoms with Crippen molar-refractivity contribution < 1.29 is 28.8 Å². The number of rotatable bonds is 16. The maximum atomic E-state index is 14.9. The van der Waals surface area contributed by atoms with Gasteiger partial charge in [-0.05, 0) is 52.5 Å². The zero-order valence-electron chi connectivity index (χ0n) is 27.6. The lowest BCUT2D eigenvalue weighted by Gasteiger charge is -2.32. The van der Waals surface area contributed by atoms with E-state index in [-0.39, 0.29) is 37.7 Å². The molecule has 5 rings (SSSR count). The molecule has 14 nitrogen and oxygen atoms in total. The molecule has 0 unspecified atom stereocenters. The van der Waals surface area contributed by atoms with Crippen LogP contribution in [0.1, 0.15) is 40.3 Å². The van der Waals surface area contributed by atoms with Gasteiger partial charge in [0, 0.05) is 58.2 Å². The zero-order chi connectivity index (χ0) is 35.3. The van der Waals surface area contributed by atoms with Gasteiger partial charge in [0.25, 0.3) is 5.91 Å². The molecule has 0 aromatic heterocycles. The molecule has 1 amide bonds. The molecule has 4 aromatic rings. The molecule has 0 saturated carbocycles. The van der Waals surface area contributed by atoms with Crippen LogP contribution < -0.4 is 19.5 Å². The summed E-state index contributed by atoms with van der Waals surface area (Å²) >= 11 is 0. The summed E-state index contributed by atoms with van der Waals surface area (Å²) in [6, 6.07) is 26.7. The molecule has 0 bridgehead atoms. The summed E-state index contributed by atoms with van der Waals surface area (Å²) in [6.07, 6.45) is -0.532. The number of aliphatic hydroxyl groups excluding tert-OH is 1. The van der Waals surface area contributed by atoms with Gasteiger partial charge in [0.05, 0.1) is 27.4 Å². The number of nitrogens with zero attached hydrogens (tertiary/aromatic N) is 7. The fourth-order valence-electron chi connectivity index (χ4n) is 5.81. The lowest BCUT2D eigenvalue weighted by molar-refractivity contribution is -0.129. The van der Waals surface area contributed by atoms with E-state index < -0.39 is 17.6 Å². The van der Waals surface area contributed by atoms with Crippen LogP contribution >= 0.6 is 0 Å². The number of para-hydroxylation sites is 1. The highest BCUT2D eigenvalue weighted by Crippen LogP contribution is 2.46. The largest absolute Gasteiger partial charge is 0.494 e. The molecule has 1 aliphatic heterocycles. The second kappa shape index (κ2) is 16.8. The molecule has 0 aliphatic carbocycles. The number of carbonyl (C=O) groups is 1. The predicted molar refractivity (Wildman–Crippen MR) is 186 cm³/mol. The van der Waals surface area contributed by atoms with Gasteiger partial charge in [0.1, 0.15) is 5.75 Å². The summed E-state index contributed by atoms with van der Waals surface area (Å²) in [6.45, 7) is 0.488. The number of carbonyl (C=O) groups excluding carboxylic acids is 1. The first kappa shape index (κ1) is 35.1. The fraction of sp³-hybridized carbons (Fsp3) is 0.278. The van der Waals surface area contributed by atoms with Crippen LogP contribution in [0.5, 0.6) is 17.2 Å². The fourth-order valence-corrected chi connectivity index (χ4v) is 5.81. The number of azide groups is 2. The molecule has 50 heavy (non-hydrogen) atoms. The molecule has 0 spiro atoms. The lowest BCUT2D eigenvalue weighted by Crippen LogP contribution is -2.49. The Morgan fingerprint density at radius 3 is 2.40 bits per heavy atom. The maximum absolute atomic E-state index is 14.9. The quantitative estimate of drug-likeness (QED) is 0.0552. The molecule has 0 saturated heterocycles. The van der Waals surface area contributed by atoms with Gasteiger partial charge in [-0.2, -0.15) is 0 Å². The van der Waals surface area contributed by atoms with Crippen LogP contribution in [-0.2, 0) is 29.0 Å². The molecule has 0 radical (unpaired) electrons. The molecule has 0 fully saturated rings. The van der Waals surface area contributed by atoms with E-state index >= 15 is 0 Å². The zero-order valence-corrected chi connectivity index (χ0v) is 27.6. The Balaban J connectivity index is 1.66. The van der Waals surface area contributed by atoms with E-state index in [1.165, 1.54) is 14.2 Å². The smallest absolute Gasteiger partial charge is 0.252 e. The average molecular weight is 677 g/mol. The molecule has 2 atom stereocenters. The van der Waals surface area contributed by atoms with Crippen molar-refractivity contribution in [1.82, 2.24) is 5.32 Å². The summed E-state index contributed by atoms with van der Waals surface area (Å²) in [4.78, 5) is 25.9. The van der Waals surface area contributed by atoms with E-state index in [1.807, 2.05) is 30.3 Å². The minimum absolute atomic E-state index is 0.0160. The number of ether oxygens (including phenoxy) is 4. The Morgan fingerprint density at radius 1 is 0.940 bits per heavy atom. The van der Waals surface area contributed by atoms with E-state index in [1.54, 1.807) is 60.7 Å². The standard InChI is InChI=1S/C36H36N8O6/c1-47-31-14-7-11-27(32(31)48-2)22-39-35(46)36(21-25-9-3-4-10-26(25)23-40-43-37)33(29-12-5-6-13-30(29)42-44-38)50-34(41-36)24-15-17-28(18-16-24)49-20-8-19-45/h3-7,9-18,33,45H,8,19-23H2,1-2H3,(H,39,46)/t33-,36-/m1/s1. The van der Waals surface area contributed by atoms with Crippen LogP contribution in [0.4, 0.5) is 5.69 Å². The lowest BCUT2D eigenvalue weighted by atomic mass is 9.80. The molecule has 1 heterocycles. The van der Waals surface area contributed by atoms with Gasteiger partial charge in [-0.3, -0.25) is 4.79 Å². The number of benzene rings is 4. The first-order valence-electron chi connectivity index (χ1n) is 15.8. The molecule has 4 aromatic carbocycles. The predicted octanol–water partition coefficient (Wildman–Crippen LogP) is 7.03. The topological polar surface area (TPSA) is 196 Å². The summed E-state index contributed by atoms with van der Waals surface area (Å²) < 4.78 is 23.4. The first-order valence-corrected chi connectivity index (χ1v) is 15.8. The van der Waals surface area contributed by atoms with Crippen molar-refractivity contribution in [3.8, 4) is 17.2 Å². The molecular weight excluding hydrogens is 640 g/mol. The minimum atomic E-state index is -1.65. The van der Waals surface area contributed by atoms with E-state index in [9.17, 15) is 10.3 Å². The van der Waals surface area contributed by atoms with Gasteiger partial charge in [-0.1, -0.05) is 70.9 Å². The molecule has 14 heteroatoms. The Bertz CT molecular complexity index is 1940. The summed E-state index contributed by atoms with van der Waals surface area (Å²) in [5, 5.41) is 19.9. The first-order chi connectivity index (χ1) is 24.5. The number of hydrogen-bond donors (Lipinski definition) is 2. The SMILES string of the molecule is COc1cccc(CNC(=O)[C@]2(Cc3ccccc3CN=[N+]=[N-])N=C(c3ccc(OCCCO)cc3)O[C@@H]2c2ccccc2N=[N+]=[N-])c1OC. The Morgan fingerprint density at radius 2 is 1.68 bits per heavy atom. The van der Waals surface area contributed by atoms with Crippen molar-refractivity contribution in [2.24, 2.45) is 15.2 Å². The van der Waals surface area contributed by atoms with E-state index in [0.29, 0.717) is 58.1 Å². The average Bonchev–Trinajstić information content (AvgIpc) is 3.54. The van der Waals surface area contributed by atoms with Crippen molar-refractivity contribution in [2.45, 2.75) is 37.6 Å². The molecule has 1 aliphatic rings. The molecular formula is C36H36N8O6. The van der Waals surface area contributed by atoms with Gasteiger partial charge < -0.3 is 29.4 Å². The Kier molecular flexibility index (Phi) is 11.8. The number of hydrogen-bond acceptors (Lipinski definition) is 9. The van der Waals surface area contributed by atoms with Gasteiger partial charge >= 0.3 is 0 Å². The summed E-state index contributed by atoms with van der Waals surface area (Å²) in [5.74, 6) is 1.29. The van der Waals surface area contributed by atoms with Gasteiger partial charge in [-0.15, -0.1) is 0 Å². The van der Waals surface area contributed by atoms with Crippen molar-refractivity contribution >= 4 is 17.5 Å². The second-order valence-electron chi connectivity index (χ2n) is 11.2. The van der Waals surface area contributed by atoms with Crippen molar-refractivity contribution in [3.05, 3.63) is 140 Å². The minimum Gasteiger partial charge on any atom is -0.494 e. The van der Waals surface area contributed by atoms with E-state index in [0.717, 1.165) is 0 Å². The third-order valence-corrected chi connectivity index (χ3v) is 8.21. The number of aliphatic hydroxyl groups is 1. The third kappa shape index (κ3) is 7.74. The number of aliphatic imine (C=N–C) groups is 1. The normalized spacial score (nSPS) is 16.2.